The number of hydrogen-bond acceptors (Lipinski definition) is 6. The van der Waals surface area contributed by atoms with Gasteiger partial charge in [-0.2, -0.15) is 0 Å². The maximum absolute atomic E-state index is 14.4. The normalized spacial score (nSPS) is 13.9. The number of nitrogen functional groups attached to an aromatic ring is 1. The number of ether oxygens (including phenoxy) is 1. The number of pyridine rings is 1. The lowest BCUT2D eigenvalue weighted by atomic mass is 10.1. The maximum Gasteiger partial charge on any atom is 0.341 e. The summed E-state index contributed by atoms with van der Waals surface area (Å²) < 4.78 is 20.7. The monoisotopic (exact) mass is 337 g/mol. The summed E-state index contributed by atoms with van der Waals surface area (Å²) in [6.45, 7) is 0. The molecule has 0 unspecified atom stereocenters. The van der Waals surface area contributed by atoms with Crippen LogP contribution in [0.1, 0.15) is 29.2 Å². The number of hydrogen-bond donors (Lipinski definition) is 2. The third-order valence-corrected chi connectivity index (χ3v) is 3.94. The van der Waals surface area contributed by atoms with Gasteiger partial charge in [0.05, 0.1) is 12.0 Å². The predicted molar refractivity (Wildman–Crippen MR) is 81.0 cm³/mol. The molecule has 1 aromatic carbocycles. The summed E-state index contributed by atoms with van der Waals surface area (Å²) in [5.74, 6) is -3.12. The van der Waals surface area contributed by atoms with Gasteiger partial charge in [-0.1, -0.05) is 0 Å². The lowest BCUT2D eigenvalue weighted by Gasteiger charge is -2.16. The Morgan fingerprint density at radius 1 is 1.54 bits per heavy atom. The molecular formula is C14H12FN3O6. The first-order chi connectivity index (χ1) is 11.3. The van der Waals surface area contributed by atoms with Crippen LogP contribution in [0, 0.1) is 15.9 Å². The Morgan fingerprint density at radius 2 is 2.17 bits per heavy atom. The van der Waals surface area contributed by atoms with Crippen LogP contribution in [0.25, 0.3) is 10.9 Å². The number of aromatic nitrogens is 1. The average molecular weight is 337 g/mol. The molecule has 0 aliphatic heterocycles. The fraction of sp³-hybridized carbons (Fsp3) is 0.286. The molecular weight excluding hydrogens is 325 g/mol. The van der Waals surface area contributed by atoms with Gasteiger partial charge < -0.3 is 20.1 Å². The highest BCUT2D eigenvalue weighted by atomic mass is 19.1. The van der Waals surface area contributed by atoms with E-state index in [1.807, 2.05) is 0 Å². The lowest BCUT2D eigenvalue weighted by Crippen LogP contribution is -2.21. The van der Waals surface area contributed by atoms with E-state index in [-0.39, 0.29) is 11.6 Å². The molecule has 0 spiro atoms. The van der Waals surface area contributed by atoms with Crippen molar-refractivity contribution in [2.75, 3.05) is 12.8 Å². The zero-order valence-corrected chi connectivity index (χ0v) is 12.4. The summed E-state index contributed by atoms with van der Waals surface area (Å²) in [5, 5.41) is 20.0. The number of nitro benzene ring substituents is 1. The number of nitrogens with zero attached hydrogens (tertiary/aromatic N) is 2. The van der Waals surface area contributed by atoms with Crippen LogP contribution >= 0.6 is 0 Å². The van der Waals surface area contributed by atoms with Crippen LogP contribution in [0.2, 0.25) is 0 Å². The van der Waals surface area contributed by atoms with Crippen LogP contribution in [0.4, 0.5) is 15.8 Å². The Balaban J connectivity index is 2.66. The molecule has 9 nitrogen and oxygen atoms in total. The van der Waals surface area contributed by atoms with Gasteiger partial charge in [-0.05, 0) is 12.8 Å². The quantitative estimate of drug-likeness (QED) is 0.491. The summed E-state index contributed by atoms with van der Waals surface area (Å²) in [6.07, 6.45) is 2.40. The number of halogens is 1. The molecule has 0 amide bonds. The molecule has 1 fully saturated rings. The van der Waals surface area contributed by atoms with Crippen molar-refractivity contribution < 1.29 is 24.0 Å². The zero-order valence-electron chi connectivity index (χ0n) is 12.4. The predicted octanol–water partition coefficient (Wildman–Crippen LogP) is 1.67. The van der Waals surface area contributed by atoms with Gasteiger partial charge in [-0.3, -0.25) is 14.9 Å². The van der Waals surface area contributed by atoms with Gasteiger partial charge in [0.15, 0.2) is 17.3 Å². The van der Waals surface area contributed by atoms with E-state index in [9.17, 15) is 29.2 Å². The van der Waals surface area contributed by atoms with Crippen molar-refractivity contribution in [3.8, 4) is 5.75 Å². The Morgan fingerprint density at radius 3 is 2.62 bits per heavy atom. The molecule has 24 heavy (non-hydrogen) atoms. The second kappa shape index (κ2) is 5.18. The summed E-state index contributed by atoms with van der Waals surface area (Å²) >= 11 is 0. The highest BCUT2D eigenvalue weighted by Crippen LogP contribution is 2.44. The number of carbonyl (C=O) groups is 1. The molecule has 3 N–H and O–H groups in total. The lowest BCUT2D eigenvalue weighted by molar-refractivity contribution is -0.382. The molecule has 1 aliphatic rings. The molecule has 0 radical (unpaired) electrons. The minimum Gasteiger partial charge on any atom is -0.491 e. The first kappa shape index (κ1) is 15.7. The highest BCUT2D eigenvalue weighted by molar-refractivity contribution is 6.02. The van der Waals surface area contributed by atoms with Gasteiger partial charge in [-0.25, -0.2) is 9.18 Å². The number of methoxy groups -OCH3 is 1. The first-order valence-corrected chi connectivity index (χ1v) is 6.91. The van der Waals surface area contributed by atoms with Crippen molar-refractivity contribution in [1.82, 2.24) is 4.57 Å². The Hall–Kier alpha value is -3.17. The molecule has 1 heterocycles. The van der Waals surface area contributed by atoms with Gasteiger partial charge in [-0.15, -0.1) is 0 Å². The van der Waals surface area contributed by atoms with E-state index >= 15 is 0 Å². The second-order valence-electron chi connectivity index (χ2n) is 5.41. The topological polar surface area (TPSA) is 138 Å². The number of carboxylic acids is 1. The van der Waals surface area contributed by atoms with E-state index in [1.165, 1.54) is 4.57 Å². The molecule has 0 bridgehead atoms. The summed E-state index contributed by atoms with van der Waals surface area (Å²) in [7, 11) is 1.13. The number of fused-ring (bicyclic) bond motifs is 1. The van der Waals surface area contributed by atoms with Crippen molar-refractivity contribution >= 4 is 28.2 Å². The van der Waals surface area contributed by atoms with Crippen molar-refractivity contribution in [2.24, 2.45) is 0 Å². The zero-order chi connectivity index (χ0) is 17.8. The molecule has 0 atom stereocenters. The van der Waals surface area contributed by atoms with Gasteiger partial charge >= 0.3 is 11.7 Å². The molecule has 1 aliphatic carbocycles. The van der Waals surface area contributed by atoms with Crippen LogP contribution in [0.3, 0.4) is 0 Å². The van der Waals surface area contributed by atoms with Crippen molar-refractivity contribution in [2.45, 2.75) is 18.9 Å². The van der Waals surface area contributed by atoms with Crippen LogP contribution in [-0.2, 0) is 0 Å². The third-order valence-electron chi connectivity index (χ3n) is 3.94. The SMILES string of the molecule is COc1c(F)c(N)c([N+](=O)[O-])c2c(=O)c(C(=O)O)cn(C3CC3)c12. The Bertz CT molecular complexity index is 964. The largest absolute Gasteiger partial charge is 0.491 e. The van der Waals surface area contributed by atoms with Gasteiger partial charge in [0, 0.05) is 12.2 Å². The fourth-order valence-electron chi connectivity index (χ4n) is 2.72. The molecule has 0 saturated heterocycles. The van der Waals surface area contributed by atoms with Gasteiger partial charge in [0.2, 0.25) is 5.43 Å². The van der Waals surface area contributed by atoms with E-state index in [0.29, 0.717) is 12.8 Å². The first-order valence-electron chi connectivity index (χ1n) is 6.91. The molecule has 1 saturated carbocycles. The smallest absolute Gasteiger partial charge is 0.341 e. The van der Waals surface area contributed by atoms with E-state index in [0.717, 1.165) is 13.3 Å². The number of nitro groups is 1. The fourth-order valence-corrected chi connectivity index (χ4v) is 2.72. The molecule has 1 aromatic heterocycles. The van der Waals surface area contributed by atoms with Crippen molar-refractivity contribution in [1.29, 1.82) is 0 Å². The van der Waals surface area contributed by atoms with Crippen LogP contribution in [0.5, 0.6) is 5.75 Å². The minimum atomic E-state index is -1.53. The minimum absolute atomic E-state index is 0.159. The summed E-state index contributed by atoms with van der Waals surface area (Å²) in [6, 6.07) is -0.192. The van der Waals surface area contributed by atoms with Gasteiger partial charge in [0.1, 0.15) is 16.5 Å². The van der Waals surface area contributed by atoms with Crippen LogP contribution < -0.4 is 15.9 Å². The highest BCUT2D eigenvalue weighted by Gasteiger charge is 2.35. The molecule has 2 aromatic rings. The van der Waals surface area contributed by atoms with E-state index < -0.39 is 50.2 Å². The molecule has 126 valence electrons. The number of rotatable bonds is 4. The number of nitrogens with two attached hydrogens (primary N) is 1. The number of aromatic carboxylic acids is 1. The number of carboxylic acid groups (broad SMARTS) is 1. The van der Waals surface area contributed by atoms with E-state index in [4.69, 9.17) is 10.5 Å². The Kier molecular flexibility index (Phi) is 3.39. The van der Waals surface area contributed by atoms with Crippen LogP contribution in [-0.4, -0.2) is 27.7 Å². The number of anilines is 1. The van der Waals surface area contributed by atoms with Crippen molar-refractivity contribution in [3.63, 3.8) is 0 Å². The van der Waals surface area contributed by atoms with Gasteiger partial charge in [0.25, 0.3) is 0 Å². The van der Waals surface area contributed by atoms with Crippen LogP contribution in [0.15, 0.2) is 11.0 Å². The van der Waals surface area contributed by atoms with E-state index in [2.05, 4.69) is 0 Å². The van der Waals surface area contributed by atoms with E-state index in [1.54, 1.807) is 0 Å². The number of benzene rings is 1. The maximum atomic E-state index is 14.4. The summed E-state index contributed by atoms with van der Waals surface area (Å²) in [5.41, 5.74) is 1.74. The van der Waals surface area contributed by atoms with Crippen molar-refractivity contribution in [3.05, 3.63) is 37.9 Å². The summed E-state index contributed by atoms with van der Waals surface area (Å²) in [4.78, 5) is 34.2. The third kappa shape index (κ3) is 2.07. The Labute approximate surface area is 133 Å². The standard InChI is InChI=1S/C14H12FN3O6/c1-24-13-8(15)9(16)10(18(22)23)7-11(13)17(5-2-3-5)4-6(12(7)19)14(20)21/h4-5H,2-3,16H2,1H3,(H,20,21). The molecule has 10 heteroatoms. The molecule has 3 rings (SSSR count). The second-order valence-corrected chi connectivity index (χ2v) is 5.41. The average Bonchev–Trinajstić information content (AvgIpc) is 3.33.